The Labute approximate surface area is 137 Å². The van der Waals surface area contributed by atoms with Crippen LogP contribution in [0, 0.1) is 10.1 Å². The largest absolute Gasteiger partial charge is 0.427 e. The van der Waals surface area contributed by atoms with Gasteiger partial charge >= 0.3 is 8.53 Å². The standard InChI is InChI=1S/C14H15N2O4P.C2H6/c1-2-15-21(19-13-6-4-3-5-7-13)20-14-10-8-12(9-11-14)16(17)18;1-2/h3-11,15H,2H2,1H3;1-2H3. The number of non-ortho nitro benzene ring substituents is 1. The van der Waals surface area contributed by atoms with Crippen molar-refractivity contribution in [2.75, 3.05) is 6.54 Å². The Morgan fingerprint density at radius 2 is 1.52 bits per heavy atom. The van der Waals surface area contributed by atoms with Gasteiger partial charge in [0.15, 0.2) is 0 Å². The predicted molar refractivity (Wildman–Crippen MR) is 92.7 cm³/mol. The lowest BCUT2D eigenvalue weighted by atomic mass is 10.3. The molecule has 2 rings (SSSR count). The van der Waals surface area contributed by atoms with E-state index >= 15 is 0 Å². The van der Waals surface area contributed by atoms with E-state index in [1.54, 1.807) is 12.1 Å². The third-order valence-electron chi connectivity index (χ3n) is 2.45. The minimum atomic E-state index is -1.36. The fourth-order valence-corrected chi connectivity index (χ4v) is 2.56. The number of hydrogen-bond donors (Lipinski definition) is 1. The second kappa shape index (κ2) is 10.5. The molecule has 124 valence electrons. The summed E-state index contributed by atoms with van der Waals surface area (Å²) in [5.74, 6) is 1.22. The number of rotatable bonds is 7. The van der Waals surface area contributed by atoms with E-state index < -0.39 is 13.4 Å². The molecule has 2 aromatic carbocycles. The predicted octanol–water partition coefficient (Wildman–Crippen LogP) is 4.92. The zero-order valence-electron chi connectivity index (χ0n) is 13.4. The quantitative estimate of drug-likeness (QED) is 0.441. The van der Waals surface area contributed by atoms with Gasteiger partial charge in [-0.1, -0.05) is 39.0 Å². The number of hydrogen-bond acceptors (Lipinski definition) is 5. The van der Waals surface area contributed by atoms with Gasteiger partial charge in [0, 0.05) is 18.7 Å². The van der Waals surface area contributed by atoms with Gasteiger partial charge in [-0.25, -0.2) is 5.09 Å². The summed E-state index contributed by atoms with van der Waals surface area (Å²) in [6.45, 7) is 6.63. The molecule has 0 saturated heterocycles. The Kier molecular flexibility index (Phi) is 8.65. The van der Waals surface area contributed by atoms with E-state index in [-0.39, 0.29) is 5.69 Å². The van der Waals surface area contributed by atoms with E-state index in [2.05, 4.69) is 5.09 Å². The Bertz CT molecular complexity index is 578. The Hall–Kier alpha value is -2.17. The molecule has 0 aliphatic rings. The van der Waals surface area contributed by atoms with E-state index in [0.717, 1.165) is 0 Å². The van der Waals surface area contributed by atoms with Crippen LogP contribution < -0.4 is 14.1 Å². The first-order valence-corrected chi connectivity index (χ1v) is 8.56. The highest BCUT2D eigenvalue weighted by molar-refractivity contribution is 7.45. The highest BCUT2D eigenvalue weighted by Gasteiger charge is 2.14. The average molecular weight is 336 g/mol. The number of para-hydroxylation sites is 1. The first kappa shape index (κ1) is 18.9. The molecule has 1 unspecified atom stereocenters. The Balaban J connectivity index is 0.00000127. The number of nitro benzene ring substituents is 1. The molecule has 7 heteroatoms. The van der Waals surface area contributed by atoms with E-state index in [1.807, 2.05) is 51.1 Å². The molecule has 0 fully saturated rings. The lowest BCUT2D eigenvalue weighted by Crippen LogP contribution is -2.13. The first-order valence-electron chi connectivity index (χ1n) is 7.38. The lowest BCUT2D eigenvalue weighted by Gasteiger charge is -2.18. The topological polar surface area (TPSA) is 73.6 Å². The first-order chi connectivity index (χ1) is 11.2. The molecular formula is C16H21N2O4P. The molecule has 1 atom stereocenters. The van der Waals surface area contributed by atoms with Crippen molar-refractivity contribution in [3.8, 4) is 11.5 Å². The van der Waals surface area contributed by atoms with Crippen molar-refractivity contribution in [1.29, 1.82) is 0 Å². The van der Waals surface area contributed by atoms with Gasteiger partial charge in [-0.3, -0.25) is 10.1 Å². The summed E-state index contributed by atoms with van der Waals surface area (Å²) in [5, 5.41) is 13.7. The minimum absolute atomic E-state index is 0.0270. The van der Waals surface area contributed by atoms with Crippen molar-refractivity contribution in [3.05, 3.63) is 64.7 Å². The van der Waals surface area contributed by atoms with Crippen LogP contribution in [0.2, 0.25) is 0 Å². The Morgan fingerprint density at radius 3 is 2.00 bits per heavy atom. The molecule has 0 saturated carbocycles. The molecule has 6 nitrogen and oxygen atoms in total. The zero-order valence-corrected chi connectivity index (χ0v) is 14.3. The van der Waals surface area contributed by atoms with E-state index in [1.165, 1.54) is 12.1 Å². The van der Waals surface area contributed by atoms with E-state index in [9.17, 15) is 10.1 Å². The van der Waals surface area contributed by atoms with Crippen LogP contribution in [0.25, 0.3) is 0 Å². The van der Waals surface area contributed by atoms with Crippen molar-refractivity contribution in [2.24, 2.45) is 0 Å². The van der Waals surface area contributed by atoms with Crippen LogP contribution in [0.3, 0.4) is 0 Å². The van der Waals surface area contributed by atoms with Gasteiger partial charge in [0.1, 0.15) is 11.5 Å². The molecule has 0 aliphatic carbocycles. The molecule has 0 amide bonds. The summed E-state index contributed by atoms with van der Waals surface area (Å²) < 4.78 is 11.4. The number of nitro groups is 1. The van der Waals surface area contributed by atoms with Crippen LogP contribution in [0.15, 0.2) is 54.6 Å². The average Bonchev–Trinajstić information content (AvgIpc) is 2.58. The molecule has 23 heavy (non-hydrogen) atoms. The highest BCUT2D eigenvalue weighted by atomic mass is 31.2. The summed E-state index contributed by atoms with van der Waals surface area (Å²) in [5.41, 5.74) is 0.0270. The van der Waals surface area contributed by atoms with Crippen molar-refractivity contribution < 1.29 is 14.0 Å². The van der Waals surface area contributed by atoms with Crippen LogP contribution in [-0.4, -0.2) is 11.5 Å². The van der Waals surface area contributed by atoms with Crippen molar-refractivity contribution in [2.45, 2.75) is 20.8 Å². The van der Waals surface area contributed by atoms with Gasteiger partial charge in [0.05, 0.1) is 4.92 Å². The lowest BCUT2D eigenvalue weighted by molar-refractivity contribution is -0.384. The van der Waals surface area contributed by atoms with Gasteiger partial charge < -0.3 is 9.05 Å². The maximum Gasteiger partial charge on any atom is 0.381 e. The SMILES string of the molecule is CC.CCNP(Oc1ccccc1)Oc1ccc([N+](=O)[O-])cc1. The molecular weight excluding hydrogens is 315 g/mol. The summed E-state index contributed by atoms with van der Waals surface area (Å²) in [4.78, 5) is 10.2. The molecule has 0 aromatic heterocycles. The third-order valence-corrected chi connectivity index (χ3v) is 3.78. The fourth-order valence-electron chi connectivity index (χ4n) is 1.51. The zero-order chi connectivity index (χ0) is 17.1. The normalized spacial score (nSPS) is 10.9. The second-order valence-electron chi connectivity index (χ2n) is 4.02. The molecule has 0 radical (unpaired) electrons. The Morgan fingerprint density at radius 1 is 1.00 bits per heavy atom. The molecule has 2 aromatic rings. The molecule has 0 aliphatic heterocycles. The van der Waals surface area contributed by atoms with Crippen molar-refractivity contribution in [1.82, 2.24) is 5.09 Å². The smallest absolute Gasteiger partial charge is 0.381 e. The number of nitrogens with zero attached hydrogens (tertiary/aromatic N) is 1. The summed E-state index contributed by atoms with van der Waals surface area (Å²) in [7, 11) is -1.36. The van der Waals surface area contributed by atoms with Gasteiger partial charge in [-0.15, -0.1) is 0 Å². The molecule has 0 bridgehead atoms. The van der Waals surface area contributed by atoms with Crippen molar-refractivity contribution >= 4 is 14.2 Å². The molecule has 1 N–H and O–H groups in total. The van der Waals surface area contributed by atoms with E-state index in [0.29, 0.717) is 18.0 Å². The minimum Gasteiger partial charge on any atom is -0.427 e. The number of nitrogens with one attached hydrogen (secondary N) is 1. The fraction of sp³-hybridized carbons (Fsp3) is 0.250. The van der Waals surface area contributed by atoms with Gasteiger partial charge in [-0.2, -0.15) is 0 Å². The van der Waals surface area contributed by atoms with Gasteiger partial charge in [-0.05, 0) is 24.3 Å². The van der Waals surface area contributed by atoms with Crippen LogP contribution in [0.1, 0.15) is 20.8 Å². The molecule has 0 spiro atoms. The third kappa shape index (κ3) is 6.63. The van der Waals surface area contributed by atoms with Crippen molar-refractivity contribution in [3.63, 3.8) is 0 Å². The maximum absolute atomic E-state index is 10.6. The van der Waals surface area contributed by atoms with Gasteiger partial charge in [0.2, 0.25) is 0 Å². The van der Waals surface area contributed by atoms with Crippen LogP contribution in [-0.2, 0) is 0 Å². The monoisotopic (exact) mass is 336 g/mol. The second-order valence-corrected chi connectivity index (χ2v) is 5.21. The summed E-state index contributed by atoms with van der Waals surface area (Å²) in [6, 6.07) is 15.2. The number of benzene rings is 2. The van der Waals surface area contributed by atoms with Crippen LogP contribution in [0.4, 0.5) is 5.69 Å². The van der Waals surface area contributed by atoms with Crippen LogP contribution in [0.5, 0.6) is 11.5 Å². The van der Waals surface area contributed by atoms with Gasteiger partial charge in [0.25, 0.3) is 5.69 Å². The van der Waals surface area contributed by atoms with Crippen LogP contribution >= 0.6 is 8.53 Å². The highest BCUT2D eigenvalue weighted by Crippen LogP contribution is 2.36. The maximum atomic E-state index is 10.6. The van der Waals surface area contributed by atoms with E-state index in [4.69, 9.17) is 9.05 Å². The summed E-state index contributed by atoms with van der Waals surface area (Å²) in [6.07, 6.45) is 0. The summed E-state index contributed by atoms with van der Waals surface area (Å²) >= 11 is 0. The molecule has 0 heterocycles.